The molecule has 0 unspecified atom stereocenters. The van der Waals surface area contributed by atoms with Crippen molar-refractivity contribution in [2.24, 2.45) is 0 Å². The molecule has 0 saturated heterocycles. The highest BCUT2D eigenvalue weighted by Gasteiger charge is 2.19. The molecule has 3 rings (SSSR count). The van der Waals surface area contributed by atoms with E-state index < -0.39 is 6.09 Å². The van der Waals surface area contributed by atoms with Gasteiger partial charge in [-0.2, -0.15) is 0 Å². The summed E-state index contributed by atoms with van der Waals surface area (Å²) in [7, 11) is 0. The van der Waals surface area contributed by atoms with Crippen LogP contribution in [0.25, 0.3) is 11.0 Å². The quantitative estimate of drug-likeness (QED) is 0.547. The largest absolute Gasteiger partial charge is 0.447 e. The van der Waals surface area contributed by atoms with Gasteiger partial charge in [0.25, 0.3) is 0 Å². The molecule has 0 aliphatic rings. The number of anilines is 1. The molecule has 2 N–H and O–H groups in total. The molecule has 1 amide bonds. The average molecular weight is 352 g/mol. The number of amides is 1. The highest BCUT2D eigenvalue weighted by atomic mass is 16.6. The molecule has 7 heteroatoms. The standard InChI is InChI=1S/C19H20N4O3/c1-12(2)25-19(24)22-18-21-15-6-4-5-7-16(15)23(18)17(20)26-14-10-8-13(3)9-11-14/h4-12,20H,1-3H3,(H,21,22,24). The molecule has 134 valence electrons. The van der Waals surface area contributed by atoms with Gasteiger partial charge < -0.3 is 9.47 Å². The maximum Gasteiger partial charge on any atom is 0.414 e. The van der Waals surface area contributed by atoms with Crippen LogP contribution >= 0.6 is 0 Å². The minimum absolute atomic E-state index is 0.161. The highest BCUT2D eigenvalue weighted by Crippen LogP contribution is 2.21. The van der Waals surface area contributed by atoms with Crippen LogP contribution in [-0.4, -0.2) is 27.8 Å². The van der Waals surface area contributed by atoms with Crippen LogP contribution in [0.4, 0.5) is 10.7 Å². The smallest absolute Gasteiger partial charge is 0.414 e. The lowest BCUT2D eigenvalue weighted by molar-refractivity contribution is 0.129. The van der Waals surface area contributed by atoms with Crippen LogP contribution in [0.2, 0.25) is 0 Å². The average Bonchev–Trinajstić information content (AvgIpc) is 2.93. The monoisotopic (exact) mass is 352 g/mol. The SMILES string of the molecule is Cc1ccc(OC(=N)n2c(NC(=O)OC(C)C)nc3ccccc32)cc1. The number of hydrogen-bond donors (Lipinski definition) is 2. The minimum Gasteiger partial charge on any atom is -0.447 e. The number of ether oxygens (including phenoxy) is 2. The molecule has 0 radical (unpaired) electrons. The predicted octanol–water partition coefficient (Wildman–Crippen LogP) is 4.16. The normalized spacial score (nSPS) is 10.8. The Labute approximate surface area is 151 Å². The Kier molecular flexibility index (Phi) is 4.88. The fraction of sp³-hybridized carbons (Fsp3) is 0.211. The number of fused-ring (bicyclic) bond motifs is 1. The maximum atomic E-state index is 12.0. The highest BCUT2D eigenvalue weighted by molar-refractivity contribution is 5.95. The first-order valence-corrected chi connectivity index (χ1v) is 8.22. The molecule has 7 nitrogen and oxygen atoms in total. The number of nitrogens with zero attached hydrogens (tertiary/aromatic N) is 2. The zero-order valence-corrected chi connectivity index (χ0v) is 14.8. The lowest BCUT2D eigenvalue weighted by Crippen LogP contribution is -2.24. The van der Waals surface area contributed by atoms with Crippen LogP contribution in [0.5, 0.6) is 5.75 Å². The molecule has 1 aromatic heterocycles. The van der Waals surface area contributed by atoms with Crippen molar-refractivity contribution in [1.29, 1.82) is 5.41 Å². The molecule has 3 aromatic rings. The van der Waals surface area contributed by atoms with Crippen molar-refractivity contribution in [3.8, 4) is 5.75 Å². The van der Waals surface area contributed by atoms with E-state index in [0.29, 0.717) is 16.8 Å². The molecular weight excluding hydrogens is 332 g/mol. The van der Waals surface area contributed by atoms with E-state index >= 15 is 0 Å². The number of benzene rings is 2. The second kappa shape index (κ2) is 7.26. The topological polar surface area (TPSA) is 89.2 Å². The Balaban J connectivity index is 1.94. The van der Waals surface area contributed by atoms with E-state index in [4.69, 9.17) is 14.9 Å². The van der Waals surface area contributed by atoms with Gasteiger partial charge in [-0.3, -0.25) is 10.7 Å². The third-order valence-electron chi connectivity index (χ3n) is 3.56. The van der Waals surface area contributed by atoms with Crippen LogP contribution < -0.4 is 10.1 Å². The Morgan fingerprint density at radius 3 is 2.54 bits per heavy atom. The molecule has 1 heterocycles. The van der Waals surface area contributed by atoms with Gasteiger partial charge >= 0.3 is 12.1 Å². The summed E-state index contributed by atoms with van der Waals surface area (Å²) >= 11 is 0. The van der Waals surface area contributed by atoms with Gasteiger partial charge in [0.15, 0.2) is 0 Å². The lowest BCUT2D eigenvalue weighted by Gasteiger charge is -2.13. The Morgan fingerprint density at radius 2 is 1.85 bits per heavy atom. The first-order chi connectivity index (χ1) is 12.4. The zero-order chi connectivity index (χ0) is 18.7. The second-order valence-corrected chi connectivity index (χ2v) is 6.06. The molecule has 0 aliphatic carbocycles. The number of carbonyl (C=O) groups is 1. The van der Waals surface area contributed by atoms with Crippen molar-refractivity contribution in [3.05, 3.63) is 54.1 Å². The number of imidazole rings is 1. The fourth-order valence-electron chi connectivity index (χ4n) is 2.41. The molecule has 26 heavy (non-hydrogen) atoms. The van der Waals surface area contributed by atoms with Crippen molar-refractivity contribution in [1.82, 2.24) is 9.55 Å². The van der Waals surface area contributed by atoms with Crippen molar-refractivity contribution < 1.29 is 14.3 Å². The number of para-hydroxylation sites is 2. The number of carbonyl (C=O) groups excluding carboxylic acids is 1. The van der Waals surface area contributed by atoms with Crippen molar-refractivity contribution >= 4 is 29.1 Å². The third kappa shape index (κ3) is 3.83. The Bertz CT molecular complexity index is 945. The van der Waals surface area contributed by atoms with E-state index in [0.717, 1.165) is 5.56 Å². The van der Waals surface area contributed by atoms with Crippen molar-refractivity contribution in [2.75, 3.05) is 5.32 Å². The molecule has 2 aromatic carbocycles. The summed E-state index contributed by atoms with van der Waals surface area (Å²) in [6.07, 6.45) is -0.907. The van der Waals surface area contributed by atoms with E-state index in [1.54, 1.807) is 38.1 Å². The summed E-state index contributed by atoms with van der Waals surface area (Å²) in [4.78, 5) is 16.3. The first kappa shape index (κ1) is 17.5. The van der Waals surface area contributed by atoms with Crippen molar-refractivity contribution in [2.45, 2.75) is 26.9 Å². The molecule has 0 aliphatic heterocycles. The molecule has 0 bridgehead atoms. The van der Waals surface area contributed by atoms with Crippen LogP contribution in [0.3, 0.4) is 0 Å². The summed E-state index contributed by atoms with van der Waals surface area (Å²) < 4.78 is 12.2. The number of aryl methyl sites for hydroxylation is 1. The second-order valence-electron chi connectivity index (χ2n) is 6.06. The van der Waals surface area contributed by atoms with Crippen molar-refractivity contribution in [3.63, 3.8) is 0 Å². The van der Waals surface area contributed by atoms with Gasteiger partial charge in [-0.15, -0.1) is 0 Å². The van der Waals surface area contributed by atoms with Crippen LogP contribution in [0.1, 0.15) is 19.4 Å². The van der Waals surface area contributed by atoms with Crippen LogP contribution in [-0.2, 0) is 4.74 Å². The van der Waals surface area contributed by atoms with Gasteiger partial charge in [0.2, 0.25) is 5.95 Å². The van der Waals surface area contributed by atoms with Crippen LogP contribution in [0.15, 0.2) is 48.5 Å². The van der Waals surface area contributed by atoms with Gasteiger partial charge in [0, 0.05) is 0 Å². The van der Waals surface area contributed by atoms with E-state index in [9.17, 15) is 4.79 Å². The van der Waals surface area contributed by atoms with E-state index in [-0.39, 0.29) is 18.1 Å². The summed E-state index contributed by atoms with van der Waals surface area (Å²) in [5, 5.41) is 10.9. The third-order valence-corrected chi connectivity index (χ3v) is 3.56. The fourth-order valence-corrected chi connectivity index (χ4v) is 2.41. The van der Waals surface area contributed by atoms with Gasteiger partial charge in [-0.1, -0.05) is 29.8 Å². The molecule has 0 saturated carbocycles. The number of hydrogen-bond acceptors (Lipinski definition) is 5. The maximum absolute atomic E-state index is 12.0. The summed E-state index contributed by atoms with van der Waals surface area (Å²) in [6, 6.07) is 14.4. The first-order valence-electron chi connectivity index (χ1n) is 8.22. The summed E-state index contributed by atoms with van der Waals surface area (Å²) in [5.74, 6) is 0.683. The number of nitrogens with one attached hydrogen (secondary N) is 2. The molecule has 0 fully saturated rings. The van der Waals surface area contributed by atoms with E-state index in [1.165, 1.54) is 4.57 Å². The predicted molar refractivity (Wildman–Crippen MR) is 99.9 cm³/mol. The lowest BCUT2D eigenvalue weighted by atomic mass is 10.2. The van der Waals surface area contributed by atoms with E-state index in [1.807, 2.05) is 31.2 Å². The van der Waals surface area contributed by atoms with Crippen LogP contribution in [0, 0.1) is 12.3 Å². The van der Waals surface area contributed by atoms with Gasteiger partial charge in [0.05, 0.1) is 17.1 Å². The zero-order valence-electron chi connectivity index (χ0n) is 14.8. The Morgan fingerprint density at radius 1 is 1.15 bits per heavy atom. The Hall–Kier alpha value is -3.35. The van der Waals surface area contributed by atoms with Gasteiger partial charge in [-0.05, 0) is 45.0 Å². The minimum atomic E-state index is -0.639. The molecule has 0 atom stereocenters. The summed E-state index contributed by atoms with van der Waals surface area (Å²) in [5.41, 5.74) is 2.37. The molecule has 0 spiro atoms. The van der Waals surface area contributed by atoms with E-state index in [2.05, 4.69) is 10.3 Å². The molecular formula is C19H20N4O3. The summed E-state index contributed by atoms with van der Waals surface area (Å²) in [6.45, 7) is 5.48. The van der Waals surface area contributed by atoms with Gasteiger partial charge in [-0.25, -0.2) is 14.3 Å². The number of rotatable bonds is 3. The van der Waals surface area contributed by atoms with Gasteiger partial charge in [0.1, 0.15) is 5.75 Å². The number of aromatic nitrogens is 2.